The fourth-order valence-electron chi connectivity index (χ4n) is 4.02. The van der Waals surface area contributed by atoms with E-state index in [0.717, 1.165) is 25.1 Å². The molecule has 0 radical (unpaired) electrons. The Morgan fingerprint density at radius 3 is 2.83 bits per heavy atom. The van der Waals surface area contributed by atoms with Crippen molar-refractivity contribution < 1.29 is 14.2 Å². The van der Waals surface area contributed by atoms with Gasteiger partial charge in [0.2, 0.25) is 0 Å². The zero-order chi connectivity index (χ0) is 17.3. The molecule has 3 rings (SSSR count). The van der Waals surface area contributed by atoms with Crippen LogP contribution in [-0.4, -0.2) is 42.5 Å². The van der Waals surface area contributed by atoms with E-state index in [1.807, 2.05) is 0 Å². The molecule has 2 N–H and O–H groups in total. The van der Waals surface area contributed by atoms with Crippen LogP contribution in [0.15, 0.2) is 12.1 Å². The number of hydrogen-bond donors (Lipinski definition) is 2. The second kappa shape index (κ2) is 7.06. The third-order valence-electron chi connectivity index (χ3n) is 4.92. The number of piperazine rings is 1. The van der Waals surface area contributed by atoms with Crippen LogP contribution < -0.4 is 15.0 Å². The zero-order valence-electron chi connectivity index (χ0n) is 14.3. The first-order chi connectivity index (χ1) is 11.4. The molecule has 2 atom stereocenters. The Morgan fingerprint density at radius 2 is 2.12 bits per heavy atom. The number of anilines is 1. The summed E-state index contributed by atoms with van der Waals surface area (Å²) >= 11 is 6.25. The Labute approximate surface area is 147 Å². The maximum absolute atomic E-state index is 14.5. The van der Waals surface area contributed by atoms with Crippen LogP contribution in [0.4, 0.5) is 10.1 Å². The number of nitrogens with zero attached hydrogens (tertiary/aromatic N) is 1. The fourth-order valence-corrected chi connectivity index (χ4v) is 4.28. The van der Waals surface area contributed by atoms with Crippen LogP contribution in [0.2, 0.25) is 5.02 Å². The van der Waals surface area contributed by atoms with Crippen molar-refractivity contribution in [3.63, 3.8) is 0 Å². The number of aliphatic hydroxyl groups excluding tert-OH is 1. The first-order valence-corrected chi connectivity index (χ1v) is 9.06. The molecule has 24 heavy (non-hydrogen) atoms. The summed E-state index contributed by atoms with van der Waals surface area (Å²) in [5.74, 6) is -0.460. The Kier molecular flexibility index (Phi) is 5.23. The van der Waals surface area contributed by atoms with E-state index in [4.69, 9.17) is 21.4 Å². The molecule has 0 bridgehead atoms. The summed E-state index contributed by atoms with van der Waals surface area (Å²) in [6.45, 7) is 5.03. The summed E-state index contributed by atoms with van der Waals surface area (Å²) in [5.41, 5.74) is 0.772. The van der Waals surface area contributed by atoms with Crippen molar-refractivity contribution in [1.29, 1.82) is 0 Å². The van der Waals surface area contributed by atoms with Gasteiger partial charge in [-0.15, -0.1) is 0 Å². The second-order valence-corrected chi connectivity index (χ2v) is 7.83. The number of halogens is 2. The van der Waals surface area contributed by atoms with Gasteiger partial charge in [-0.3, -0.25) is 0 Å². The molecule has 1 heterocycles. The molecule has 0 amide bonds. The molecule has 2 fully saturated rings. The van der Waals surface area contributed by atoms with Crippen LogP contribution in [0.5, 0.6) is 5.75 Å². The van der Waals surface area contributed by atoms with E-state index in [0.29, 0.717) is 12.1 Å². The van der Waals surface area contributed by atoms with Gasteiger partial charge >= 0.3 is 0 Å². The highest BCUT2D eigenvalue weighted by atomic mass is 35.5. The molecule has 4 nitrogen and oxygen atoms in total. The molecule has 0 aromatic heterocycles. The van der Waals surface area contributed by atoms with Gasteiger partial charge in [0.05, 0.1) is 11.6 Å². The van der Waals surface area contributed by atoms with Crippen molar-refractivity contribution in [2.45, 2.75) is 57.2 Å². The number of benzene rings is 1. The minimum atomic E-state index is -0.477. The Bertz CT molecular complexity index is 573. The standard InChI is InChI=1S/C18H26ClFN2O2/c1-18(2)11-22(16-6-4-3-5-15(16)21-18)12-9-13(19)17(14(20)10-12)24-8-7-23/h9-10,15-16,21,23H,3-8,11H2,1-2H3/t15-,16-/m0/s1. The van der Waals surface area contributed by atoms with Gasteiger partial charge < -0.3 is 20.1 Å². The van der Waals surface area contributed by atoms with Gasteiger partial charge in [0.15, 0.2) is 11.6 Å². The molecule has 2 aliphatic rings. The van der Waals surface area contributed by atoms with Crippen molar-refractivity contribution >= 4 is 17.3 Å². The molecule has 0 unspecified atom stereocenters. The predicted octanol–water partition coefficient (Wildman–Crippen LogP) is 3.35. The van der Waals surface area contributed by atoms with Gasteiger partial charge in [-0.25, -0.2) is 4.39 Å². The number of ether oxygens (including phenoxy) is 1. The highest BCUT2D eigenvalue weighted by molar-refractivity contribution is 6.32. The molecular formula is C18H26ClFN2O2. The van der Waals surface area contributed by atoms with Crippen LogP contribution in [0.3, 0.4) is 0 Å². The van der Waals surface area contributed by atoms with Crippen molar-refractivity contribution in [3.05, 3.63) is 23.0 Å². The van der Waals surface area contributed by atoms with E-state index < -0.39 is 5.82 Å². The van der Waals surface area contributed by atoms with Gasteiger partial charge in [-0.1, -0.05) is 24.4 Å². The normalized spacial score (nSPS) is 26.1. The van der Waals surface area contributed by atoms with Crippen LogP contribution in [0, 0.1) is 5.82 Å². The van der Waals surface area contributed by atoms with E-state index in [9.17, 15) is 4.39 Å². The highest BCUT2D eigenvalue weighted by Crippen LogP contribution is 2.38. The van der Waals surface area contributed by atoms with Crippen molar-refractivity contribution in [2.75, 3.05) is 24.7 Å². The lowest BCUT2D eigenvalue weighted by atomic mass is 9.83. The summed E-state index contributed by atoms with van der Waals surface area (Å²) in [6, 6.07) is 4.08. The summed E-state index contributed by atoms with van der Waals surface area (Å²) in [4.78, 5) is 2.30. The fraction of sp³-hybridized carbons (Fsp3) is 0.667. The monoisotopic (exact) mass is 356 g/mol. The number of hydrogen-bond acceptors (Lipinski definition) is 4. The smallest absolute Gasteiger partial charge is 0.173 e. The van der Waals surface area contributed by atoms with Gasteiger partial charge in [0, 0.05) is 35.9 Å². The van der Waals surface area contributed by atoms with Gasteiger partial charge in [0.25, 0.3) is 0 Å². The van der Waals surface area contributed by atoms with E-state index in [-0.39, 0.29) is 29.5 Å². The maximum atomic E-state index is 14.5. The molecule has 1 aromatic rings. The van der Waals surface area contributed by atoms with Crippen molar-refractivity contribution in [3.8, 4) is 5.75 Å². The average Bonchev–Trinajstić information content (AvgIpc) is 2.52. The van der Waals surface area contributed by atoms with E-state index in [2.05, 4.69) is 24.1 Å². The maximum Gasteiger partial charge on any atom is 0.173 e. The Morgan fingerprint density at radius 1 is 1.38 bits per heavy atom. The summed E-state index contributed by atoms with van der Waals surface area (Å²) < 4.78 is 19.7. The van der Waals surface area contributed by atoms with Crippen LogP contribution in [0.25, 0.3) is 0 Å². The lowest BCUT2D eigenvalue weighted by Gasteiger charge is -2.52. The Balaban J connectivity index is 1.91. The summed E-state index contributed by atoms with van der Waals surface area (Å²) in [5, 5.41) is 12.8. The minimum absolute atomic E-state index is 0.0176. The Hall–Kier alpha value is -1.04. The third-order valence-corrected chi connectivity index (χ3v) is 5.20. The number of nitrogens with one attached hydrogen (secondary N) is 1. The molecule has 6 heteroatoms. The first-order valence-electron chi connectivity index (χ1n) is 8.68. The number of aliphatic hydroxyl groups is 1. The highest BCUT2D eigenvalue weighted by Gasteiger charge is 2.40. The predicted molar refractivity (Wildman–Crippen MR) is 94.6 cm³/mol. The molecule has 1 saturated carbocycles. The van der Waals surface area contributed by atoms with Gasteiger partial charge in [-0.2, -0.15) is 0 Å². The zero-order valence-corrected chi connectivity index (χ0v) is 15.1. The van der Waals surface area contributed by atoms with Crippen LogP contribution in [0.1, 0.15) is 39.5 Å². The van der Waals surface area contributed by atoms with E-state index >= 15 is 0 Å². The average molecular weight is 357 g/mol. The van der Waals surface area contributed by atoms with E-state index in [1.54, 1.807) is 6.07 Å². The second-order valence-electron chi connectivity index (χ2n) is 7.43. The van der Waals surface area contributed by atoms with Crippen LogP contribution >= 0.6 is 11.6 Å². The molecule has 1 aromatic carbocycles. The largest absolute Gasteiger partial charge is 0.487 e. The summed E-state index contributed by atoms with van der Waals surface area (Å²) in [7, 11) is 0. The topological polar surface area (TPSA) is 44.7 Å². The molecule has 134 valence electrons. The van der Waals surface area contributed by atoms with E-state index in [1.165, 1.54) is 18.9 Å². The number of fused-ring (bicyclic) bond motifs is 1. The molecule has 0 spiro atoms. The molecule has 1 aliphatic carbocycles. The quantitative estimate of drug-likeness (QED) is 0.868. The van der Waals surface area contributed by atoms with Gasteiger partial charge in [-0.05, 0) is 32.8 Å². The molecule has 1 saturated heterocycles. The summed E-state index contributed by atoms with van der Waals surface area (Å²) in [6.07, 6.45) is 4.70. The van der Waals surface area contributed by atoms with Crippen LogP contribution in [-0.2, 0) is 0 Å². The number of rotatable bonds is 4. The first kappa shape index (κ1) is 17.8. The SMILES string of the molecule is CC1(C)CN(c2cc(F)c(OCCO)c(Cl)c2)[C@H]2CCCC[C@@H]2N1. The lowest BCUT2D eigenvalue weighted by molar-refractivity contribution is 0.195. The van der Waals surface area contributed by atoms with Gasteiger partial charge in [0.1, 0.15) is 6.61 Å². The van der Waals surface area contributed by atoms with Crippen molar-refractivity contribution in [1.82, 2.24) is 5.32 Å². The lowest BCUT2D eigenvalue weighted by Crippen LogP contribution is -2.67. The van der Waals surface area contributed by atoms with Crippen molar-refractivity contribution in [2.24, 2.45) is 0 Å². The third kappa shape index (κ3) is 3.63. The molecule has 1 aliphatic heterocycles. The molecular weight excluding hydrogens is 331 g/mol. The minimum Gasteiger partial charge on any atom is -0.487 e.